The lowest BCUT2D eigenvalue weighted by Crippen LogP contribution is -2.28. The van der Waals surface area contributed by atoms with Crippen molar-refractivity contribution in [3.05, 3.63) is 33.8 Å². The number of hydrogen-bond donors (Lipinski definition) is 0. The summed E-state index contributed by atoms with van der Waals surface area (Å²) in [5.41, 5.74) is 0.727. The highest BCUT2D eigenvalue weighted by Gasteiger charge is 2.16. The molecule has 1 aromatic rings. The smallest absolute Gasteiger partial charge is 0.338 e. The Labute approximate surface area is 80.3 Å². The van der Waals surface area contributed by atoms with Crippen LogP contribution in [-0.4, -0.2) is 13.1 Å². The van der Waals surface area contributed by atoms with E-state index in [2.05, 4.69) is 4.74 Å². The van der Waals surface area contributed by atoms with Crippen LogP contribution in [0.25, 0.3) is 0 Å². The zero-order valence-corrected chi connectivity index (χ0v) is 7.96. The van der Waals surface area contributed by atoms with E-state index in [0.717, 1.165) is 0 Å². The molecule has 1 heterocycles. The molecule has 0 unspecified atom stereocenters. The highest BCUT2D eigenvalue weighted by Crippen LogP contribution is 2.14. The first-order chi connectivity index (χ1) is 6.07. The molecule has 0 saturated heterocycles. The van der Waals surface area contributed by atoms with Gasteiger partial charge in [-0.1, -0.05) is 0 Å². The minimum atomic E-state index is -0.500. The SMILES string of the molecule is COC(=O)c1cc[n+]([O-])c(Cl)c1C. The fourth-order valence-electron chi connectivity index (χ4n) is 0.940. The molecule has 0 N–H and O–H groups in total. The average Bonchev–Trinajstić information content (AvgIpc) is 2.13. The van der Waals surface area contributed by atoms with Crippen LogP contribution < -0.4 is 4.73 Å². The number of carbonyl (C=O) groups is 1. The van der Waals surface area contributed by atoms with E-state index in [4.69, 9.17) is 11.6 Å². The fraction of sp³-hybridized carbons (Fsp3) is 0.250. The first-order valence-corrected chi connectivity index (χ1v) is 3.92. The van der Waals surface area contributed by atoms with Crippen LogP contribution >= 0.6 is 11.6 Å². The highest BCUT2D eigenvalue weighted by atomic mass is 35.5. The van der Waals surface area contributed by atoms with Gasteiger partial charge < -0.3 is 9.94 Å². The van der Waals surface area contributed by atoms with Crippen molar-refractivity contribution in [2.24, 2.45) is 0 Å². The van der Waals surface area contributed by atoms with Crippen molar-refractivity contribution < 1.29 is 14.3 Å². The van der Waals surface area contributed by atoms with Gasteiger partial charge in [-0.3, -0.25) is 0 Å². The monoisotopic (exact) mass is 201 g/mol. The number of ether oxygens (including phenoxy) is 1. The summed E-state index contributed by atoms with van der Waals surface area (Å²) in [5.74, 6) is -0.500. The molecule has 4 nitrogen and oxygen atoms in total. The van der Waals surface area contributed by atoms with Crippen LogP contribution in [-0.2, 0) is 4.74 Å². The number of aromatic nitrogens is 1. The second-order valence-electron chi connectivity index (χ2n) is 2.46. The summed E-state index contributed by atoms with van der Waals surface area (Å²) in [4.78, 5) is 11.1. The number of esters is 1. The minimum absolute atomic E-state index is 0.0112. The molecule has 5 heteroatoms. The van der Waals surface area contributed by atoms with Crippen LogP contribution in [0.3, 0.4) is 0 Å². The third-order valence-electron chi connectivity index (χ3n) is 1.69. The quantitative estimate of drug-likeness (QED) is 0.296. The predicted molar refractivity (Wildman–Crippen MR) is 46.5 cm³/mol. The van der Waals surface area contributed by atoms with Gasteiger partial charge >= 0.3 is 5.97 Å². The van der Waals surface area contributed by atoms with E-state index >= 15 is 0 Å². The summed E-state index contributed by atoms with van der Waals surface area (Å²) in [6.45, 7) is 1.59. The molecule has 1 rings (SSSR count). The van der Waals surface area contributed by atoms with Crippen LogP contribution in [0, 0.1) is 12.1 Å². The number of hydrogen-bond acceptors (Lipinski definition) is 3. The number of carbonyl (C=O) groups excluding carboxylic acids is 1. The largest absolute Gasteiger partial charge is 0.618 e. The first-order valence-electron chi connectivity index (χ1n) is 3.54. The highest BCUT2D eigenvalue weighted by molar-refractivity contribution is 6.29. The molecule has 1 aromatic heterocycles. The Kier molecular flexibility index (Phi) is 2.72. The van der Waals surface area contributed by atoms with Gasteiger partial charge in [-0.15, -0.1) is 0 Å². The standard InChI is InChI=1S/C8H8ClNO3/c1-5-6(8(11)13-2)3-4-10(12)7(5)9/h3-4H,1-2H3. The van der Waals surface area contributed by atoms with E-state index in [0.29, 0.717) is 15.9 Å². The van der Waals surface area contributed by atoms with Gasteiger partial charge in [0.2, 0.25) is 0 Å². The topological polar surface area (TPSA) is 53.2 Å². The molecule has 0 saturated carbocycles. The number of nitrogens with zero attached hydrogens (tertiary/aromatic N) is 1. The molecular formula is C8H8ClNO3. The second-order valence-corrected chi connectivity index (χ2v) is 2.82. The van der Waals surface area contributed by atoms with Gasteiger partial charge in [0.15, 0.2) is 6.20 Å². The Morgan fingerprint density at radius 1 is 1.69 bits per heavy atom. The molecular weight excluding hydrogens is 194 g/mol. The number of rotatable bonds is 1. The summed E-state index contributed by atoms with van der Waals surface area (Å²) < 4.78 is 4.99. The lowest BCUT2D eigenvalue weighted by molar-refractivity contribution is -0.603. The normalized spacial score (nSPS) is 9.77. The summed E-state index contributed by atoms with van der Waals surface area (Å²) in [7, 11) is 1.27. The van der Waals surface area contributed by atoms with Gasteiger partial charge in [-0.25, -0.2) is 4.79 Å². The van der Waals surface area contributed by atoms with Gasteiger partial charge in [0.1, 0.15) is 0 Å². The Bertz CT molecular complexity index is 351. The fourth-order valence-corrected chi connectivity index (χ4v) is 1.10. The average molecular weight is 202 g/mol. The second kappa shape index (κ2) is 3.62. The zero-order chi connectivity index (χ0) is 10.0. The van der Waals surface area contributed by atoms with E-state index in [1.165, 1.54) is 19.4 Å². The zero-order valence-electron chi connectivity index (χ0n) is 7.20. The molecule has 0 amide bonds. The van der Waals surface area contributed by atoms with Crippen molar-refractivity contribution in [2.45, 2.75) is 6.92 Å². The lowest BCUT2D eigenvalue weighted by atomic mass is 10.2. The lowest BCUT2D eigenvalue weighted by Gasteiger charge is -2.05. The van der Waals surface area contributed by atoms with Crippen molar-refractivity contribution >= 4 is 17.6 Å². The van der Waals surface area contributed by atoms with Crippen LogP contribution in [0.4, 0.5) is 0 Å². The molecule has 0 aliphatic carbocycles. The Balaban J connectivity index is 3.26. The van der Waals surface area contributed by atoms with Crippen LogP contribution in [0.15, 0.2) is 12.3 Å². The van der Waals surface area contributed by atoms with Crippen molar-refractivity contribution in [3.8, 4) is 0 Å². The van der Waals surface area contributed by atoms with Crippen molar-refractivity contribution in [3.63, 3.8) is 0 Å². The molecule has 0 fully saturated rings. The van der Waals surface area contributed by atoms with Gasteiger partial charge in [0.05, 0.1) is 12.7 Å². The minimum Gasteiger partial charge on any atom is -0.618 e. The van der Waals surface area contributed by atoms with E-state index < -0.39 is 5.97 Å². The van der Waals surface area contributed by atoms with Crippen LogP contribution in [0.2, 0.25) is 5.15 Å². The number of pyridine rings is 1. The van der Waals surface area contributed by atoms with Gasteiger partial charge in [-0.05, 0) is 18.5 Å². The Morgan fingerprint density at radius 3 is 2.85 bits per heavy atom. The van der Waals surface area contributed by atoms with Crippen LogP contribution in [0.5, 0.6) is 0 Å². The Morgan fingerprint density at radius 2 is 2.31 bits per heavy atom. The molecule has 13 heavy (non-hydrogen) atoms. The third-order valence-corrected chi connectivity index (χ3v) is 2.14. The molecule has 0 aliphatic heterocycles. The van der Waals surface area contributed by atoms with E-state index in [-0.39, 0.29) is 5.15 Å². The number of methoxy groups -OCH3 is 1. The van der Waals surface area contributed by atoms with Crippen molar-refractivity contribution in [2.75, 3.05) is 7.11 Å². The van der Waals surface area contributed by atoms with E-state index in [1.807, 2.05) is 0 Å². The third kappa shape index (κ3) is 1.72. The molecule has 0 spiro atoms. The maximum atomic E-state index is 11.1. The predicted octanol–water partition coefficient (Wildman–Crippen LogP) is 1.07. The van der Waals surface area contributed by atoms with E-state index in [9.17, 15) is 10.0 Å². The molecule has 0 aromatic carbocycles. The van der Waals surface area contributed by atoms with Crippen LogP contribution in [0.1, 0.15) is 15.9 Å². The van der Waals surface area contributed by atoms with Crippen molar-refractivity contribution in [1.82, 2.24) is 0 Å². The summed E-state index contributed by atoms with van der Waals surface area (Å²) >= 11 is 5.63. The molecule has 0 bridgehead atoms. The van der Waals surface area contributed by atoms with Gasteiger partial charge in [0.25, 0.3) is 5.15 Å². The summed E-state index contributed by atoms with van der Waals surface area (Å²) in [6.07, 6.45) is 1.17. The van der Waals surface area contributed by atoms with E-state index in [1.54, 1.807) is 6.92 Å². The molecule has 0 radical (unpaired) electrons. The molecule has 0 aliphatic rings. The summed E-state index contributed by atoms with van der Waals surface area (Å²) in [6, 6.07) is 1.38. The molecule has 70 valence electrons. The first kappa shape index (κ1) is 9.80. The summed E-state index contributed by atoms with van der Waals surface area (Å²) in [5, 5.41) is 10.9. The number of halogens is 1. The maximum Gasteiger partial charge on any atom is 0.338 e. The van der Waals surface area contributed by atoms with Gasteiger partial charge in [-0.2, -0.15) is 4.73 Å². The van der Waals surface area contributed by atoms with Crippen molar-refractivity contribution in [1.29, 1.82) is 0 Å². The Hall–Kier alpha value is -1.29. The maximum absolute atomic E-state index is 11.1. The van der Waals surface area contributed by atoms with Gasteiger partial charge in [0, 0.05) is 11.6 Å². The molecule has 0 atom stereocenters.